The smallest absolute Gasteiger partial charge is 0.338 e. The second-order valence-electron chi connectivity index (χ2n) is 6.73. The molecule has 1 aromatic carbocycles. The molecule has 4 atom stereocenters. The number of nitrogens with zero attached hydrogens (tertiary/aromatic N) is 1. The lowest BCUT2D eigenvalue weighted by molar-refractivity contribution is -0.384. The molecule has 2 rings (SSSR count). The number of nitrogens with one attached hydrogen (secondary N) is 1. The Morgan fingerprint density at radius 2 is 1.88 bits per heavy atom. The molecule has 1 fully saturated rings. The lowest BCUT2D eigenvalue weighted by atomic mass is 9.78. The fourth-order valence-electron chi connectivity index (χ4n) is 3.09. The van der Waals surface area contributed by atoms with Crippen molar-refractivity contribution in [2.75, 3.05) is 0 Å². The summed E-state index contributed by atoms with van der Waals surface area (Å²) in [6.07, 6.45) is 2.25. The summed E-state index contributed by atoms with van der Waals surface area (Å²) in [4.78, 5) is 34.5. The number of benzene rings is 1. The predicted molar refractivity (Wildman–Crippen MR) is 92.1 cm³/mol. The molecule has 1 N–H and O–H groups in total. The van der Waals surface area contributed by atoms with Gasteiger partial charge in [0.05, 0.1) is 10.5 Å². The van der Waals surface area contributed by atoms with Gasteiger partial charge >= 0.3 is 5.97 Å². The number of carbonyl (C=O) groups is 2. The Bertz CT molecular complexity index is 643. The molecule has 0 spiro atoms. The van der Waals surface area contributed by atoms with Gasteiger partial charge in [0.2, 0.25) is 0 Å². The predicted octanol–water partition coefficient (Wildman–Crippen LogP) is 3.08. The number of ether oxygens (including phenoxy) is 1. The molecule has 0 heterocycles. The number of amides is 1. The molecule has 1 aromatic rings. The quantitative estimate of drug-likeness (QED) is 0.501. The van der Waals surface area contributed by atoms with Crippen molar-refractivity contribution in [2.45, 2.75) is 52.2 Å². The molecule has 0 bridgehead atoms. The maximum Gasteiger partial charge on any atom is 0.338 e. The second kappa shape index (κ2) is 8.09. The van der Waals surface area contributed by atoms with Gasteiger partial charge in [-0.15, -0.1) is 0 Å². The zero-order valence-corrected chi connectivity index (χ0v) is 14.7. The van der Waals surface area contributed by atoms with E-state index in [2.05, 4.69) is 19.2 Å². The first-order valence-electron chi connectivity index (χ1n) is 8.55. The highest BCUT2D eigenvalue weighted by Crippen LogP contribution is 2.29. The van der Waals surface area contributed by atoms with E-state index in [0.717, 1.165) is 19.3 Å². The van der Waals surface area contributed by atoms with Crippen molar-refractivity contribution >= 4 is 17.6 Å². The van der Waals surface area contributed by atoms with Gasteiger partial charge in [-0.2, -0.15) is 0 Å². The van der Waals surface area contributed by atoms with Crippen LogP contribution in [-0.2, 0) is 9.53 Å². The van der Waals surface area contributed by atoms with Gasteiger partial charge in [-0.3, -0.25) is 14.9 Å². The molecular formula is C18H24N2O5. The molecule has 0 saturated heterocycles. The van der Waals surface area contributed by atoms with Gasteiger partial charge in [-0.25, -0.2) is 4.79 Å². The Balaban J connectivity index is 1.91. The van der Waals surface area contributed by atoms with Crippen LogP contribution < -0.4 is 5.32 Å². The molecule has 1 aliphatic carbocycles. The van der Waals surface area contributed by atoms with Crippen LogP contribution in [0.25, 0.3) is 0 Å². The van der Waals surface area contributed by atoms with Crippen molar-refractivity contribution in [1.82, 2.24) is 5.32 Å². The number of non-ortho nitro benzene ring substituents is 1. The molecular weight excluding hydrogens is 324 g/mol. The molecule has 0 radical (unpaired) electrons. The summed E-state index contributed by atoms with van der Waals surface area (Å²) >= 11 is 0. The van der Waals surface area contributed by atoms with E-state index in [1.807, 2.05) is 0 Å². The monoisotopic (exact) mass is 348 g/mol. The Kier molecular flexibility index (Phi) is 6.12. The minimum atomic E-state index is -0.924. The largest absolute Gasteiger partial charge is 0.449 e. The molecule has 0 aliphatic heterocycles. The number of nitro groups is 1. The number of hydrogen-bond donors (Lipinski definition) is 1. The zero-order chi connectivity index (χ0) is 18.6. The van der Waals surface area contributed by atoms with Gasteiger partial charge in [0.25, 0.3) is 11.6 Å². The van der Waals surface area contributed by atoms with Crippen molar-refractivity contribution < 1.29 is 19.2 Å². The highest BCUT2D eigenvalue weighted by molar-refractivity contribution is 5.92. The number of nitro benzene ring substituents is 1. The summed E-state index contributed by atoms with van der Waals surface area (Å²) in [5.74, 6) is -0.0592. The maximum absolute atomic E-state index is 12.3. The SMILES string of the molecule is C[C@@H]1[C@@H](C)CCC[C@H]1NC(=O)[C@@H](C)OC(=O)c1ccc([N+](=O)[O-])cc1. The first-order chi connectivity index (χ1) is 11.8. The third-order valence-electron chi connectivity index (χ3n) is 5.00. The van der Waals surface area contributed by atoms with E-state index in [9.17, 15) is 19.7 Å². The molecule has 0 aromatic heterocycles. The first kappa shape index (κ1) is 18.9. The highest BCUT2D eigenvalue weighted by Gasteiger charge is 2.30. The molecule has 1 amide bonds. The van der Waals surface area contributed by atoms with E-state index in [4.69, 9.17) is 4.74 Å². The normalized spacial score (nSPS) is 24.2. The van der Waals surface area contributed by atoms with Crippen molar-refractivity contribution in [3.63, 3.8) is 0 Å². The van der Waals surface area contributed by atoms with Crippen LogP contribution in [0.3, 0.4) is 0 Å². The first-order valence-corrected chi connectivity index (χ1v) is 8.55. The third-order valence-corrected chi connectivity index (χ3v) is 5.00. The van der Waals surface area contributed by atoms with E-state index in [0.29, 0.717) is 11.8 Å². The van der Waals surface area contributed by atoms with Gasteiger partial charge in [-0.05, 0) is 37.3 Å². The summed E-state index contributed by atoms with van der Waals surface area (Å²) < 4.78 is 5.18. The van der Waals surface area contributed by atoms with Crippen LogP contribution in [0.5, 0.6) is 0 Å². The van der Waals surface area contributed by atoms with Crippen LogP contribution in [0, 0.1) is 22.0 Å². The zero-order valence-electron chi connectivity index (χ0n) is 14.7. The molecule has 25 heavy (non-hydrogen) atoms. The van der Waals surface area contributed by atoms with Crippen molar-refractivity contribution in [3.05, 3.63) is 39.9 Å². The Hall–Kier alpha value is -2.44. The summed E-state index contributed by atoms with van der Waals surface area (Å²) in [5.41, 5.74) is 0.0626. The average molecular weight is 348 g/mol. The molecule has 0 unspecified atom stereocenters. The van der Waals surface area contributed by atoms with E-state index in [1.165, 1.54) is 31.2 Å². The molecule has 136 valence electrons. The Morgan fingerprint density at radius 1 is 1.24 bits per heavy atom. The summed E-state index contributed by atoms with van der Waals surface area (Å²) in [6.45, 7) is 5.83. The summed E-state index contributed by atoms with van der Waals surface area (Å²) in [5, 5.41) is 13.6. The number of carbonyl (C=O) groups excluding carboxylic acids is 2. The van der Waals surface area contributed by atoms with Crippen LogP contribution >= 0.6 is 0 Å². The van der Waals surface area contributed by atoms with E-state index in [-0.39, 0.29) is 23.2 Å². The van der Waals surface area contributed by atoms with Crippen LogP contribution in [0.15, 0.2) is 24.3 Å². The van der Waals surface area contributed by atoms with Gasteiger partial charge in [-0.1, -0.05) is 26.7 Å². The average Bonchev–Trinajstić information content (AvgIpc) is 2.58. The Morgan fingerprint density at radius 3 is 2.48 bits per heavy atom. The third kappa shape index (κ3) is 4.78. The van der Waals surface area contributed by atoms with Crippen LogP contribution in [0.2, 0.25) is 0 Å². The highest BCUT2D eigenvalue weighted by atomic mass is 16.6. The number of rotatable bonds is 5. The summed E-state index contributed by atoms with van der Waals surface area (Å²) in [6, 6.07) is 5.18. The van der Waals surface area contributed by atoms with Crippen molar-refractivity contribution in [3.8, 4) is 0 Å². The second-order valence-corrected chi connectivity index (χ2v) is 6.73. The van der Waals surface area contributed by atoms with E-state index < -0.39 is 17.0 Å². The van der Waals surface area contributed by atoms with Crippen LogP contribution in [-0.4, -0.2) is 28.9 Å². The minimum Gasteiger partial charge on any atom is -0.449 e. The van der Waals surface area contributed by atoms with Crippen LogP contribution in [0.4, 0.5) is 5.69 Å². The van der Waals surface area contributed by atoms with E-state index in [1.54, 1.807) is 0 Å². The van der Waals surface area contributed by atoms with Crippen molar-refractivity contribution in [1.29, 1.82) is 0 Å². The fraction of sp³-hybridized carbons (Fsp3) is 0.556. The van der Waals surface area contributed by atoms with Gasteiger partial charge in [0.15, 0.2) is 6.10 Å². The topological polar surface area (TPSA) is 98.5 Å². The van der Waals surface area contributed by atoms with Gasteiger partial charge in [0, 0.05) is 18.2 Å². The Labute approximate surface area is 146 Å². The maximum atomic E-state index is 12.3. The standard InChI is InChI=1S/C18H24N2O5/c1-11-5-4-6-16(12(11)2)19-17(21)13(3)25-18(22)14-7-9-15(10-8-14)20(23)24/h7-13,16H,4-6H2,1-3H3,(H,19,21)/t11-,12+,13+,16+/m0/s1. The molecule has 1 saturated carbocycles. The summed E-state index contributed by atoms with van der Waals surface area (Å²) in [7, 11) is 0. The molecule has 1 aliphatic rings. The van der Waals surface area contributed by atoms with Gasteiger partial charge < -0.3 is 10.1 Å². The minimum absolute atomic E-state index is 0.0942. The van der Waals surface area contributed by atoms with E-state index >= 15 is 0 Å². The molecule has 7 nitrogen and oxygen atoms in total. The lowest BCUT2D eigenvalue weighted by Crippen LogP contribution is -2.47. The molecule has 7 heteroatoms. The lowest BCUT2D eigenvalue weighted by Gasteiger charge is -2.35. The van der Waals surface area contributed by atoms with Crippen molar-refractivity contribution in [2.24, 2.45) is 11.8 Å². The van der Waals surface area contributed by atoms with Crippen LogP contribution in [0.1, 0.15) is 50.4 Å². The van der Waals surface area contributed by atoms with Gasteiger partial charge in [0.1, 0.15) is 0 Å². The number of hydrogen-bond acceptors (Lipinski definition) is 5. The fourth-order valence-corrected chi connectivity index (χ4v) is 3.09. The number of esters is 1.